The molecule has 3 aromatic heterocycles. The molecule has 2 N–H and O–H groups in total. The van der Waals surface area contributed by atoms with Crippen molar-refractivity contribution in [3.05, 3.63) is 88.7 Å². The zero-order valence-electron chi connectivity index (χ0n) is 32.5. The van der Waals surface area contributed by atoms with Gasteiger partial charge in [0, 0.05) is 36.7 Å². The first-order chi connectivity index (χ1) is 27.1. The number of anilines is 2. The number of halogens is 1. The van der Waals surface area contributed by atoms with Crippen LogP contribution in [0.25, 0.3) is 11.3 Å². The Morgan fingerprint density at radius 3 is 2.61 bits per heavy atom. The maximum atomic E-state index is 13.8. The van der Waals surface area contributed by atoms with Gasteiger partial charge in [0.25, 0.3) is 0 Å². The van der Waals surface area contributed by atoms with Crippen LogP contribution in [0.3, 0.4) is 0 Å². The molecule has 14 heteroatoms. The second kappa shape index (κ2) is 16.3. The van der Waals surface area contributed by atoms with Crippen LogP contribution in [0.4, 0.5) is 16.6 Å². The highest BCUT2D eigenvalue weighted by Crippen LogP contribution is 2.39. The lowest BCUT2D eigenvalue weighted by Crippen LogP contribution is -2.36. The lowest BCUT2D eigenvalue weighted by molar-refractivity contribution is -0.165. The van der Waals surface area contributed by atoms with E-state index in [4.69, 9.17) is 35.6 Å². The highest BCUT2D eigenvalue weighted by molar-refractivity contribution is 6.32. The number of benzene rings is 2. The molecule has 2 aromatic carbocycles. The number of rotatable bonds is 11. The summed E-state index contributed by atoms with van der Waals surface area (Å²) in [5.74, 6) is 2.62. The first-order valence-corrected chi connectivity index (χ1v) is 20.2. The van der Waals surface area contributed by atoms with Crippen LogP contribution in [0.15, 0.2) is 66.9 Å². The molecule has 2 aliphatic heterocycles. The molecule has 13 nitrogen and oxygen atoms in total. The van der Waals surface area contributed by atoms with Crippen molar-refractivity contribution in [1.29, 1.82) is 0 Å². The van der Waals surface area contributed by atoms with Gasteiger partial charge < -0.3 is 29.2 Å². The maximum absolute atomic E-state index is 13.8. The lowest BCUT2D eigenvalue weighted by Gasteiger charge is -2.32. The molecule has 5 heterocycles. The molecule has 1 aliphatic carbocycles. The molecule has 4 atom stereocenters. The van der Waals surface area contributed by atoms with Crippen LogP contribution in [-0.2, 0) is 14.9 Å². The van der Waals surface area contributed by atoms with Crippen molar-refractivity contribution in [2.75, 3.05) is 36.6 Å². The Balaban J connectivity index is 0.959. The number of carbonyl (C=O) groups is 1. The third-order valence-corrected chi connectivity index (χ3v) is 11.2. The van der Waals surface area contributed by atoms with Crippen molar-refractivity contribution in [2.24, 2.45) is 0 Å². The molecule has 2 unspecified atom stereocenters. The van der Waals surface area contributed by atoms with E-state index in [2.05, 4.69) is 65.6 Å². The largest absolute Gasteiger partial charge is 0.490 e. The number of nitrogens with zero attached hydrogens (tertiary/aromatic N) is 6. The minimum atomic E-state index is -0.333. The molecule has 296 valence electrons. The van der Waals surface area contributed by atoms with Crippen LogP contribution >= 0.6 is 11.6 Å². The van der Waals surface area contributed by atoms with Crippen molar-refractivity contribution in [3.63, 3.8) is 0 Å². The fourth-order valence-corrected chi connectivity index (χ4v) is 7.97. The molecular formula is C42H51ClN8O5. The molecule has 0 radical (unpaired) electrons. The van der Waals surface area contributed by atoms with Crippen LogP contribution in [0.1, 0.15) is 102 Å². The van der Waals surface area contributed by atoms with E-state index in [1.165, 1.54) is 0 Å². The topological polar surface area (TPSA) is 129 Å². The first kappa shape index (κ1) is 38.0. The van der Waals surface area contributed by atoms with E-state index in [9.17, 15) is 4.79 Å². The fourth-order valence-electron chi connectivity index (χ4n) is 7.79. The number of urea groups is 1. The van der Waals surface area contributed by atoms with Crippen LogP contribution < -0.4 is 25.0 Å². The Bertz CT molecular complexity index is 2160. The summed E-state index contributed by atoms with van der Waals surface area (Å²) in [6.45, 7) is 10.9. The van der Waals surface area contributed by atoms with Gasteiger partial charge in [0.1, 0.15) is 30.0 Å². The van der Waals surface area contributed by atoms with Crippen LogP contribution in [0.5, 0.6) is 11.5 Å². The highest BCUT2D eigenvalue weighted by atomic mass is 35.5. The van der Waals surface area contributed by atoms with E-state index in [1.807, 2.05) is 53.1 Å². The minimum absolute atomic E-state index is 0.181. The predicted octanol–water partition coefficient (Wildman–Crippen LogP) is 8.55. The van der Waals surface area contributed by atoms with Crippen molar-refractivity contribution in [1.82, 2.24) is 29.7 Å². The second-order valence-corrected chi connectivity index (χ2v) is 16.4. The molecule has 0 bridgehead atoms. The number of hydrogen-bond donors (Lipinski definition) is 2. The first-order valence-electron chi connectivity index (χ1n) is 19.8. The number of amides is 2. The molecule has 0 spiro atoms. The number of nitrogens with one attached hydrogen (secondary N) is 2. The summed E-state index contributed by atoms with van der Waals surface area (Å²) < 4.78 is 27.9. The van der Waals surface area contributed by atoms with Gasteiger partial charge in [-0.3, -0.25) is 9.72 Å². The van der Waals surface area contributed by atoms with Gasteiger partial charge in [-0.25, -0.2) is 9.48 Å². The number of carbonyl (C=O) groups excluding carboxylic acids is 1. The number of aromatic nitrogens is 5. The van der Waals surface area contributed by atoms with Crippen LogP contribution in [0.2, 0.25) is 5.02 Å². The molecule has 56 heavy (non-hydrogen) atoms. The van der Waals surface area contributed by atoms with Crippen molar-refractivity contribution in [3.8, 4) is 17.2 Å². The number of fused-ring (bicyclic) bond motifs is 2. The average molecular weight is 783 g/mol. The van der Waals surface area contributed by atoms with Gasteiger partial charge in [-0.2, -0.15) is 5.10 Å². The molecule has 2 saturated heterocycles. The minimum Gasteiger partial charge on any atom is -0.490 e. The lowest BCUT2D eigenvalue weighted by atomic mass is 9.85. The maximum Gasteiger partial charge on any atom is 0.320 e. The summed E-state index contributed by atoms with van der Waals surface area (Å²) in [5, 5.41) is 20.6. The highest BCUT2D eigenvalue weighted by Gasteiger charge is 2.31. The standard InChI is InChI=1S/C42H51ClN8O5/c1-27-10-9-20-49(27)41-47-46-37-19-15-29(26-50(37)41)56-34-18-17-33(30-11-5-6-12-31(30)34)44-40(52)45-38-25-36(42(2,3)4)48-51(38)28-14-16-32(43)35(24-28)53-22-23-55-39-13-7-8-21-54-39/h5-6,11-12,14-16,19,24-27,33-34,39H,7-10,13,17-18,20-23H2,1-4H3,(H2,44,45,52)/t27?,33-,34+,39?/m0/s1. The van der Waals surface area contributed by atoms with Gasteiger partial charge in [0.05, 0.1) is 35.2 Å². The Kier molecular flexibility index (Phi) is 11.1. The van der Waals surface area contributed by atoms with Crippen molar-refractivity contribution in [2.45, 2.75) is 103 Å². The zero-order chi connectivity index (χ0) is 38.8. The van der Waals surface area contributed by atoms with E-state index in [0.717, 1.165) is 85.8 Å². The van der Waals surface area contributed by atoms with E-state index >= 15 is 0 Å². The van der Waals surface area contributed by atoms with E-state index < -0.39 is 0 Å². The zero-order valence-corrected chi connectivity index (χ0v) is 33.3. The molecule has 3 aliphatic rings. The summed E-state index contributed by atoms with van der Waals surface area (Å²) >= 11 is 6.56. The normalized spacial score (nSPS) is 21.2. The molecule has 2 amide bonds. The molecular weight excluding hydrogens is 732 g/mol. The Morgan fingerprint density at radius 1 is 0.964 bits per heavy atom. The fraction of sp³-hybridized carbons (Fsp3) is 0.476. The SMILES string of the molecule is CC1CCCN1c1nnc2ccc(O[C@@H]3CC[C@H](NC(=O)Nc4cc(C(C)(C)C)nn4-c4ccc(Cl)c(OCCOC5CCCCO5)c4)c4ccccc43)cn12. The van der Waals surface area contributed by atoms with Crippen molar-refractivity contribution < 1.29 is 23.7 Å². The Labute approximate surface area is 332 Å². The summed E-state index contributed by atoms with van der Waals surface area (Å²) in [6.07, 6.45) is 8.37. The molecule has 8 rings (SSSR count). The number of ether oxygens (including phenoxy) is 4. The predicted molar refractivity (Wildman–Crippen MR) is 215 cm³/mol. The number of pyridine rings is 1. The average Bonchev–Trinajstić information content (AvgIpc) is 3.93. The molecule has 5 aromatic rings. The summed E-state index contributed by atoms with van der Waals surface area (Å²) in [4.78, 5) is 16.1. The summed E-state index contributed by atoms with van der Waals surface area (Å²) in [7, 11) is 0. The van der Waals surface area contributed by atoms with Gasteiger partial charge >= 0.3 is 6.03 Å². The monoisotopic (exact) mass is 782 g/mol. The third-order valence-electron chi connectivity index (χ3n) is 10.8. The molecule has 2 fully saturated rings. The van der Waals surface area contributed by atoms with Crippen molar-refractivity contribution >= 4 is 35.0 Å². The number of hydrogen-bond acceptors (Lipinski definition) is 9. The third kappa shape index (κ3) is 8.30. The van der Waals surface area contributed by atoms with Gasteiger partial charge in [-0.1, -0.05) is 56.6 Å². The van der Waals surface area contributed by atoms with Crippen LogP contribution in [0, 0.1) is 0 Å². The van der Waals surface area contributed by atoms with Gasteiger partial charge in [0.2, 0.25) is 5.95 Å². The Morgan fingerprint density at radius 2 is 1.82 bits per heavy atom. The smallest absolute Gasteiger partial charge is 0.320 e. The quantitative estimate of drug-likeness (QED) is 0.127. The van der Waals surface area contributed by atoms with E-state index in [-0.39, 0.29) is 29.9 Å². The summed E-state index contributed by atoms with van der Waals surface area (Å²) in [5.41, 5.74) is 4.11. The van der Waals surface area contributed by atoms with Gasteiger partial charge in [0.15, 0.2) is 11.9 Å². The summed E-state index contributed by atoms with van der Waals surface area (Å²) in [6, 6.07) is 19.3. The molecule has 0 saturated carbocycles. The Hall–Kier alpha value is -4.85. The van der Waals surface area contributed by atoms with E-state index in [1.54, 1.807) is 10.7 Å². The van der Waals surface area contributed by atoms with E-state index in [0.29, 0.717) is 48.0 Å². The second-order valence-electron chi connectivity index (χ2n) is 15.9. The van der Waals surface area contributed by atoms with Crippen LogP contribution in [-0.4, -0.2) is 69.1 Å². The van der Waals surface area contributed by atoms with Gasteiger partial charge in [-0.15, -0.1) is 10.2 Å². The van der Waals surface area contributed by atoms with Gasteiger partial charge in [-0.05, 0) is 87.3 Å².